The van der Waals surface area contributed by atoms with Gasteiger partial charge in [0.15, 0.2) is 12.2 Å². The number of ether oxygens (including phenoxy) is 2. The molecule has 0 saturated carbocycles. The molecule has 1 unspecified atom stereocenters. The van der Waals surface area contributed by atoms with Crippen LogP contribution in [0.15, 0.2) is 89.8 Å². The molecule has 1 aromatic heterocycles. The van der Waals surface area contributed by atoms with Gasteiger partial charge in [-0.3, -0.25) is 19.0 Å². The molecular weight excluding hydrogens is 760 g/mol. The molecule has 0 spiro atoms. The average molecular weight is 810 g/mol. The van der Waals surface area contributed by atoms with Gasteiger partial charge >= 0.3 is 24.3 Å². The molecule has 314 valence electrons. The highest BCUT2D eigenvalue weighted by molar-refractivity contribution is 6.00. The predicted octanol–water partition coefficient (Wildman–Crippen LogP) is 6.77. The molecule has 4 aromatic rings. The average Bonchev–Trinajstić information content (AvgIpc) is 3.62. The van der Waals surface area contributed by atoms with Crippen LogP contribution in [-0.2, 0) is 16.1 Å². The first-order chi connectivity index (χ1) is 24.3. The summed E-state index contributed by atoms with van der Waals surface area (Å²) in [5, 5.41) is 15.6. The number of urea groups is 1. The monoisotopic (exact) mass is 809 g/mol. The number of nitrogens with one attached hydrogen (secondary N) is 3. The van der Waals surface area contributed by atoms with E-state index in [2.05, 4.69) is 46.6 Å². The molecule has 1 atom stereocenters. The number of carboxylic acid groups (broad SMARTS) is 1. The Bertz CT molecular complexity index is 1700. The summed E-state index contributed by atoms with van der Waals surface area (Å²) in [6.07, 6.45) is -2.03. The molecule has 1 heterocycles. The molecule has 20 heteroatoms. The summed E-state index contributed by atoms with van der Waals surface area (Å²) in [4.78, 5) is 40.8. The number of aromatic nitrogens is 1. The zero-order valence-corrected chi connectivity index (χ0v) is 30.9. The third-order valence-electron chi connectivity index (χ3n) is 7.03. The molecular formula is C36H49F6N5O9. The lowest BCUT2D eigenvalue weighted by Gasteiger charge is -2.28. The highest BCUT2D eigenvalue weighted by atomic mass is 19.4. The number of carbonyl (C=O) groups excluding carboxylic acids is 2. The molecule has 0 fully saturated rings. The van der Waals surface area contributed by atoms with Crippen LogP contribution in [0.3, 0.4) is 0 Å². The quantitative estimate of drug-likeness (QED) is 0.0987. The topological polar surface area (TPSA) is 218 Å². The molecule has 0 bridgehead atoms. The van der Waals surface area contributed by atoms with Gasteiger partial charge in [0.05, 0.1) is 18.9 Å². The fraction of sp³-hybridized carbons (Fsp3) is 0.333. The standard InChI is InChI=1S/C34H41N5O5.C2HF3O2.3FH.2H2O/c1-5-16-39(21-24(2)3)22-32(26-11-7-6-8-12-26)44-34(41)36-19-25-10-9-13-27(17-25)37-33(40)38-28-14-15-29(30(18-28)42-4)31-20-35-23-43-31;3-2(4,5)1(6)7;;;;;/h6-15,17-18,20,23-24,32H,5,16,19,21-22H2,1-4H3,(H,36,41)(H2,37,38,40);(H,6,7);3*1H;2*1H2. The molecule has 0 aliphatic carbocycles. The van der Waals surface area contributed by atoms with E-state index in [1.165, 1.54) is 6.39 Å². The summed E-state index contributed by atoms with van der Waals surface area (Å²) in [5.41, 5.74) is 3.60. The SMILES string of the molecule is CCCN(CC(C)C)CC(OC(=O)NCc1cccc(NC(=O)Nc2ccc(-c3cnco3)c(OC)c2)c1)c1ccccc1.F.F.F.O.O.O=C(O)C(F)(F)F. The number of methoxy groups -OCH3 is 1. The first kappa shape index (κ1) is 54.5. The minimum absolute atomic E-state index is 0. The zero-order chi connectivity index (χ0) is 37.4. The Morgan fingerprint density at radius 3 is 2.07 bits per heavy atom. The normalized spacial score (nSPS) is 10.6. The predicted molar refractivity (Wildman–Crippen MR) is 200 cm³/mol. The number of carboxylic acids is 1. The number of aliphatic carboxylic acids is 1. The van der Waals surface area contributed by atoms with Crippen molar-refractivity contribution in [2.75, 3.05) is 37.4 Å². The lowest BCUT2D eigenvalue weighted by molar-refractivity contribution is -0.192. The third-order valence-corrected chi connectivity index (χ3v) is 7.03. The molecule has 0 aliphatic rings. The van der Waals surface area contributed by atoms with E-state index in [0.717, 1.165) is 36.2 Å². The van der Waals surface area contributed by atoms with Crippen LogP contribution in [0.1, 0.15) is 44.4 Å². The lowest BCUT2D eigenvalue weighted by atomic mass is 10.1. The van der Waals surface area contributed by atoms with Gasteiger partial charge < -0.3 is 45.9 Å². The van der Waals surface area contributed by atoms with E-state index in [4.69, 9.17) is 23.8 Å². The number of alkyl carbamates (subject to hydrolysis) is 1. The fourth-order valence-electron chi connectivity index (χ4n) is 4.92. The van der Waals surface area contributed by atoms with Crippen molar-refractivity contribution in [3.05, 3.63) is 96.5 Å². The second kappa shape index (κ2) is 26.8. The van der Waals surface area contributed by atoms with Crippen molar-refractivity contribution >= 4 is 29.5 Å². The number of hydrogen-bond donors (Lipinski definition) is 4. The van der Waals surface area contributed by atoms with Crippen LogP contribution in [0.2, 0.25) is 0 Å². The van der Waals surface area contributed by atoms with Gasteiger partial charge in [-0.2, -0.15) is 13.2 Å². The summed E-state index contributed by atoms with van der Waals surface area (Å²) >= 11 is 0. The van der Waals surface area contributed by atoms with Crippen molar-refractivity contribution in [1.29, 1.82) is 0 Å². The van der Waals surface area contributed by atoms with Crippen LogP contribution < -0.4 is 20.7 Å². The number of rotatable bonds is 14. The Hall–Kier alpha value is -5.86. The van der Waals surface area contributed by atoms with Gasteiger partial charge in [0.2, 0.25) is 0 Å². The van der Waals surface area contributed by atoms with E-state index < -0.39 is 30.4 Å². The summed E-state index contributed by atoms with van der Waals surface area (Å²) < 4.78 is 48.5. The van der Waals surface area contributed by atoms with E-state index in [1.54, 1.807) is 43.6 Å². The number of amides is 3. The van der Waals surface area contributed by atoms with E-state index >= 15 is 0 Å². The van der Waals surface area contributed by atoms with Crippen molar-refractivity contribution in [2.45, 2.75) is 46.0 Å². The molecule has 3 amide bonds. The van der Waals surface area contributed by atoms with Gasteiger partial charge in [-0.15, -0.1) is 0 Å². The third kappa shape index (κ3) is 18.5. The number of hydrogen-bond acceptors (Lipinski definition) is 8. The van der Waals surface area contributed by atoms with E-state index in [1.807, 2.05) is 42.5 Å². The summed E-state index contributed by atoms with van der Waals surface area (Å²) in [5.74, 6) is -1.16. The van der Waals surface area contributed by atoms with Crippen molar-refractivity contribution < 1.29 is 71.6 Å². The second-order valence-electron chi connectivity index (χ2n) is 11.7. The van der Waals surface area contributed by atoms with Gasteiger partial charge in [-0.25, -0.2) is 19.4 Å². The highest BCUT2D eigenvalue weighted by Gasteiger charge is 2.38. The van der Waals surface area contributed by atoms with Crippen LogP contribution in [-0.4, -0.2) is 77.0 Å². The minimum Gasteiger partial charge on any atom is -0.496 e. The Balaban J connectivity index is -0.00000214. The summed E-state index contributed by atoms with van der Waals surface area (Å²) in [6.45, 7) is 9.25. The first-order valence-corrected chi connectivity index (χ1v) is 16.0. The Labute approximate surface area is 319 Å². The van der Waals surface area contributed by atoms with E-state index in [9.17, 15) is 22.8 Å². The van der Waals surface area contributed by atoms with Crippen molar-refractivity contribution in [3.8, 4) is 17.1 Å². The maximum atomic E-state index is 12.9. The van der Waals surface area contributed by atoms with Gasteiger partial charge in [0.25, 0.3) is 0 Å². The second-order valence-corrected chi connectivity index (χ2v) is 11.7. The van der Waals surface area contributed by atoms with Crippen molar-refractivity contribution in [2.24, 2.45) is 5.92 Å². The van der Waals surface area contributed by atoms with Crippen LogP contribution in [0, 0.1) is 5.92 Å². The number of anilines is 2. The molecule has 56 heavy (non-hydrogen) atoms. The Morgan fingerprint density at radius 1 is 0.911 bits per heavy atom. The maximum absolute atomic E-state index is 12.9. The number of oxazole rings is 1. The van der Waals surface area contributed by atoms with Crippen LogP contribution in [0.5, 0.6) is 5.75 Å². The maximum Gasteiger partial charge on any atom is 0.490 e. The number of alkyl halides is 3. The van der Waals surface area contributed by atoms with Crippen molar-refractivity contribution in [1.82, 2.24) is 15.2 Å². The molecule has 0 aliphatic heterocycles. The largest absolute Gasteiger partial charge is 0.496 e. The van der Waals surface area contributed by atoms with Gasteiger partial charge in [-0.1, -0.05) is 63.2 Å². The molecule has 0 radical (unpaired) electrons. The smallest absolute Gasteiger partial charge is 0.490 e. The fourth-order valence-corrected chi connectivity index (χ4v) is 4.92. The molecule has 3 aromatic carbocycles. The van der Waals surface area contributed by atoms with Crippen LogP contribution in [0.4, 0.5) is 48.2 Å². The lowest BCUT2D eigenvalue weighted by Crippen LogP contribution is -2.35. The highest BCUT2D eigenvalue weighted by Crippen LogP contribution is 2.32. The minimum atomic E-state index is -5.08. The summed E-state index contributed by atoms with van der Waals surface area (Å²) in [7, 11) is 1.55. The number of nitrogens with zero attached hydrogens (tertiary/aromatic N) is 2. The zero-order valence-electron chi connectivity index (χ0n) is 30.9. The number of halogens is 6. The van der Waals surface area contributed by atoms with Crippen molar-refractivity contribution in [3.63, 3.8) is 0 Å². The Morgan fingerprint density at radius 2 is 1.54 bits per heavy atom. The van der Waals surface area contributed by atoms with Gasteiger partial charge in [-0.05, 0) is 54.3 Å². The molecule has 14 nitrogen and oxygen atoms in total. The molecule has 8 N–H and O–H groups in total. The number of benzene rings is 3. The van der Waals surface area contributed by atoms with Gasteiger partial charge in [0.1, 0.15) is 11.9 Å². The summed E-state index contributed by atoms with van der Waals surface area (Å²) in [6, 6.07) is 21.9. The van der Waals surface area contributed by atoms with E-state index in [-0.39, 0.29) is 31.6 Å². The number of carbonyl (C=O) groups is 3. The van der Waals surface area contributed by atoms with Crippen LogP contribution >= 0.6 is 0 Å². The van der Waals surface area contributed by atoms with E-state index in [0.29, 0.717) is 35.3 Å². The van der Waals surface area contributed by atoms with Crippen LogP contribution in [0.25, 0.3) is 11.3 Å². The molecule has 0 saturated heterocycles. The first-order valence-electron chi connectivity index (χ1n) is 16.0. The molecule has 4 rings (SSSR count). The van der Waals surface area contributed by atoms with Gasteiger partial charge in [0, 0.05) is 37.1 Å². The Kier molecular flexibility index (Phi) is 26.1.